The number of aliphatic hydroxyl groups excluding tert-OH is 1. The average molecular weight is 1090 g/mol. The zero-order chi connectivity index (χ0) is 57.0. The first-order chi connectivity index (χ1) is 34.4. The Kier molecular flexibility index (Phi) is 35.9. The number of aliphatic carboxylic acids is 1. The SMILES string of the molecule is C.CC(C)CC(=O)N1CCSC1=S.CC(C)CC(=O)N[C@H](C(=O)O)C(C)C.COc1cc(CCC(=O)[C@@H](NC(=O)CC(C)C)C(C)C)ccc1O.COc1cc(CCC(=O)[C@@H](NC(=O)CC(C)O)C(C)C)ccc1O. The number of ether oxygens (including phenoxy) is 2. The average Bonchev–Trinajstić information content (AvgIpc) is 3.73. The maximum atomic E-state index is 12.5. The molecule has 0 spiro atoms. The molecule has 0 aromatic heterocycles. The Morgan fingerprint density at radius 3 is 1.25 bits per heavy atom. The molecule has 0 bridgehead atoms. The van der Waals surface area contributed by atoms with E-state index in [1.165, 1.54) is 27.2 Å². The highest BCUT2D eigenvalue weighted by molar-refractivity contribution is 8.23. The highest BCUT2D eigenvalue weighted by Gasteiger charge is 2.27. The van der Waals surface area contributed by atoms with E-state index in [1.54, 1.807) is 60.8 Å². The minimum Gasteiger partial charge on any atom is -0.504 e. The fourth-order valence-electron chi connectivity index (χ4n) is 7.14. The molecule has 1 heterocycles. The molecule has 0 radical (unpaired) electrons. The molecule has 1 aliphatic heterocycles. The lowest BCUT2D eigenvalue weighted by Gasteiger charge is -2.22. The number of Topliss-reactive ketones (excluding diaryl/α,β-unsaturated/α-hetero) is 2. The molecule has 1 unspecified atom stereocenters. The van der Waals surface area contributed by atoms with Crippen molar-refractivity contribution in [3.63, 3.8) is 0 Å². The summed E-state index contributed by atoms with van der Waals surface area (Å²) in [4.78, 5) is 84.0. The molecule has 0 saturated carbocycles. The third kappa shape index (κ3) is 30.2. The van der Waals surface area contributed by atoms with Crippen LogP contribution in [0.1, 0.15) is 147 Å². The van der Waals surface area contributed by atoms with Crippen molar-refractivity contribution in [2.24, 2.45) is 35.5 Å². The summed E-state index contributed by atoms with van der Waals surface area (Å²) in [6.07, 6.45) is 2.28. The molecule has 1 aliphatic rings. The molecule has 0 aliphatic carbocycles. The fraction of sp³-hybridized carbons (Fsp3) is 0.643. The quantitative estimate of drug-likeness (QED) is 0.0459. The summed E-state index contributed by atoms with van der Waals surface area (Å²) in [7, 11) is 2.96. The number of carbonyl (C=O) groups excluding carboxylic acids is 6. The number of carboxylic acid groups (broad SMARTS) is 1. The number of amides is 4. The molecule has 19 heteroatoms. The molecule has 426 valence electrons. The number of thioether (sulfide) groups is 1. The second-order valence-corrected chi connectivity index (χ2v) is 22.4. The number of nitrogens with one attached hydrogen (secondary N) is 3. The summed E-state index contributed by atoms with van der Waals surface area (Å²) in [6, 6.07) is 8.20. The number of carboxylic acids is 1. The highest BCUT2D eigenvalue weighted by atomic mass is 32.2. The lowest BCUT2D eigenvalue weighted by Crippen LogP contribution is -2.45. The van der Waals surface area contributed by atoms with Gasteiger partial charge >= 0.3 is 5.97 Å². The molecule has 2 aromatic carbocycles. The number of rotatable bonds is 25. The number of hydrogen-bond acceptors (Lipinski definition) is 14. The number of ketones is 2. The first kappa shape index (κ1) is 71.8. The molecule has 75 heavy (non-hydrogen) atoms. The van der Waals surface area contributed by atoms with Gasteiger partial charge in [0.2, 0.25) is 23.6 Å². The molecular formula is C56H92N4O13S2. The molecule has 1 fully saturated rings. The molecule has 1 saturated heterocycles. The van der Waals surface area contributed by atoms with Crippen LogP contribution in [-0.2, 0) is 46.4 Å². The predicted molar refractivity (Wildman–Crippen MR) is 302 cm³/mol. The molecule has 2 aromatic rings. The van der Waals surface area contributed by atoms with Gasteiger partial charge in [0.25, 0.3) is 0 Å². The molecule has 4 amide bonds. The first-order valence-electron chi connectivity index (χ1n) is 25.5. The third-order valence-corrected chi connectivity index (χ3v) is 12.5. The van der Waals surface area contributed by atoms with Crippen molar-refractivity contribution in [3.05, 3.63) is 47.5 Å². The van der Waals surface area contributed by atoms with Gasteiger partial charge in [0, 0.05) is 44.4 Å². The van der Waals surface area contributed by atoms with Crippen LogP contribution in [0.5, 0.6) is 23.0 Å². The first-order valence-corrected chi connectivity index (χ1v) is 26.9. The van der Waals surface area contributed by atoms with Crippen LogP contribution in [0.15, 0.2) is 36.4 Å². The minimum absolute atomic E-state index is 0. The normalized spacial score (nSPS) is 13.5. The number of nitrogens with zero attached hydrogens (tertiary/aromatic N) is 1. The van der Waals surface area contributed by atoms with Gasteiger partial charge in [-0.15, -0.1) is 0 Å². The number of thiocarbonyl (C=S) groups is 1. The lowest BCUT2D eigenvalue weighted by atomic mass is 9.95. The van der Waals surface area contributed by atoms with Gasteiger partial charge < -0.3 is 45.9 Å². The van der Waals surface area contributed by atoms with E-state index in [1.807, 2.05) is 69.2 Å². The molecule has 3 rings (SSSR count). The van der Waals surface area contributed by atoms with E-state index in [4.69, 9.17) is 26.8 Å². The highest BCUT2D eigenvalue weighted by Crippen LogP contribution is 2.28. The van der Waals surface area contributed by atoms with Crippen molar-refractivity contribution in [2.75, 3.05) is 26.5 Å². The number of phenolic OH excluding ortho intramolecular Hbond substituents is 2. The van der Waals surface area contributed by atoms with E-state index in [0.717, 1.165) is 27.7 Å². The Hall–Kier alpha value is -5.27. The van der Waals surface area contributed by atoms with Gasteiger partial charge in [0.15, 0.2) is 34.6 Å². The van der Waals surface area contributed by atoms with Gasteiger partial charge in [-0.05, 0) is 90.7 Å². The van der Waals surface area contributed by atoms with Gasteiger partial charge in [0.1, 0.15) is 10.4 Å². The standard InChI is InChI=1S/C19H29NO4.C18H27NO5.C10H19NO3.C8H13NOS2.CH4/c1-12(2)10-18(23)20-19(13(3)4)16(22)9-7-14-6-8-15(21)17(11-14)24-5;1-11(2)18(19-17(23)9-12(3)20)15(22)8-6-13-5-7-14(21)16(10-13)24-4;1-6(2)5-8(12)11-9(7(3)4)10(13)14;1-6(2)5-7(10)9-3-4-12-8(9)11;/h6,8,11-13,19,21H,7,9-10H2,1-5H3,(H,20,23);5,7,10-12,18,20-21H,6,8-9H2,1-4H3,(H,19,23);6-7,9H,5H2,1-4H3,(H,11,12)(H,13,14);6H,3-5H2,1-2H3;1H4/t19-;12?,18-;9-;;/m000../s1. The monoisotopic (exact) mass is 1090 g/mol. The third-order valence-electron chi connectivity index (χ3n) is 11.0. The van der Waals surface area contributed by atoms with Gasteiger partial charge in [-0.1, -0.05) is 127 Å². The van der Waals surface area contributed by atoms with Crippen molar-refractivity contribution in [1.82, 2.24) is 20.9 Å². The maximum absolute atomic E-state index is 12.5. The number of methoxy groups -OCH3 is 2. The van der Waals surface area contributed by atoms with E-state index in [9.17, 15) is 48.9 Å². The van der Waals surface area contributed by atoms with Crippen molar-refractivity contribution in [3.8, 4) is 23.0 Å². The zero-order valence-corrected chi connectivity index (χ0v) is 48.2. The Morgan fingerprint density at radius 1 is 0.600 bits per heavy atom. The van der Waals surface area contributed by atoms with Crippen molar-refractivity contribution in [2.45, 2.75) is 173 Å². The number of hydrogen-bond donors (Lipinski definition) is 7. The minimum atomic E-state index is -0.975. The van der Waals surface area contributed by atoms with Gasteiger partial charge in [-0.3, -0.25) is 33.7 Å². The summed E-state index contributed by atoms with van der Waals surface area (Å²) in [5.74, 6) is 1.26. The van der Waals surface area contributed by atoms with Gasteiger partial charge in [-0.2, -0.15) is 0 Å². The summed E-state index contributed by atoms with van der Waals surface area (Å²) >= 11 is 6.63. The van der Waals surface area contributed by atoms with E-state index < -0.39 is 30.2 Å². The van der Waals surface area contributed by atoms with Crippen molar-refractivity contribution in [1.29, 1.82) is 0 Å². The van der Waals surface area contributed by atoms with E-state index in [2.05, 4.69) is 16.0 Å². The Balaban J connectivity index is 0. The number of aliphatic hydroxyl groups is 1. The van der Waals surface area contributed by atoms with E-state index in [-0.39, 0.29) is 96.6 Å². The molecular weight excluding hydrogens is 1000 g/mol. The van der Waals surface area contributed by atoms with Crippen LogP contribution in [0.25, 0.3) is 0 Å². The summed E-state index contributed by atoms with van der Waals surface area (Å²) in [5.41, 5.74) is 1.78. The number of aryl methyl sites for hydroxylation is 2. The van der Waals surface area contributed by atoms with Gasteiger partial charge in [0.05, 0.1) is 38.8 Å². The molecule has 4 atom stereocenters. The van der Waals surface area contributed by atoms with E-state index >= 15 is 0 Å². The van der Waals surface area contributed by atoms with Crippen molar-refractivity contribution >= 4 is 69.5 Å². The van der Waals surface area contributed by atoms with Gasteiger partial charge in [-0.25, -0.2) is 4.79 Å². The lowest BCUT2D eigenvalue weighted by molar-refractivity contribution is -0.143. The smallest absolute Gasteiger partial charge is 0.326 e. The maximum Gasteiger partial charge on any atom is 0.326 e. The van der Waals surface area contributed by atoms with Crippen LogP contribution >= 0.6 is 24.0 Å². The van der Waals surface area contributed by atoms with Crippen LogP contribution in [-0.4, -0.2) is 122 Å². The molecule has 7 N–H and O–H groups in total. The fourth-order valence-corrected chi connectivity index (χ4v) is 8.38. The van der Waals surface area contributed by atoms with Crippen LogP contribution in [0.4, 0.5) is 0 Å². The van der Waals surface area contributed by atoms with Crippen LogP contribution < -0.4 is 25.4 Å². The van der Waals surface area contributed by atoms with Crippen molar-refractivity contribution < 1.29 is 63.5 Å². The zero-order valence-electron chi connectivity index (χ0n) is 46.5. The predicted octanol–water partition coefficient (Wildman–Crippen LogP) is 8.69. The second kappa shape index (κ2) is 37.5. The molecule has 17 nitrogen and oxygen atoms in total. The number of phenols is 2. The topological polar surface area (TPSA) is 258 Å². The van der Waals surface area contributed by atoms with E-state index in [0.29, 0.717) is 55.9 Å². The van der Waals surface area contributed by atoms with Crippen LogP contribution in [0.2, 0.25) is 0 Å². The number of aromatic hydroxyl groups is 2. The second-order valence-electron chi connectivity index (χ2n) is 20.7. The largest absolute Gasteiger partial charge is 0.504 e. The number of benzene rings is 2. The Bertz CT molecular complexity index is 2010. The summed E-state index contributed by atoms with van der Waals surface area (Å²) < 4.78 is 10.9. The van der Waals surface area contributed by atoms with Crippen LogP contribution in [0, 0.1) is 35.5 Å². The summed E-state index contributed by atoms with van der Waals surface area (Å²) in [6.45, 7) is 25.4. The number of carbonyl (C=O) groups is 7. The Labute approximate surface area is 457 Å². The Morgan fingerprint density at radius 2 is 0.960 bits per heavy atom. The van der Waals surface area contributed by atoms with Crippen LogP contribution in [0.3, 0.4) is 0 Å². The summed E-state index contributed by atoms with van der Waals surface area (Å²) in [5, 5.41) is 45.3.